The van der Waals surface area contributed by atoms with Crippen LogP contribution in [0.3, 0.4) is 0 Å². The second kappa shape index (κ2) is 6.55. The second-order valence-corrected chi connectivity index (χ2v) is 6.35. The van der Waals surface area contributed by atoms with E-state index in [1.165, 1.54) is 19.3 Å². The highest BCUT2D eigenvalue weighted by atomic mass is 79.9. The molecule has 1 aromatic heterocycles. The molecule has 2 rings (SSSR count). The van der Waals surface area contributed by atoms with Gasteiger partial charge >= 0.3 is 0 Å². The van der Waals surface area contributed by atoms with Crippen LogP contribution in [0.25, 0.3) is 0 Å². The van der Waals surface area contributed by atoms with Gasteiger partial charge in [-0.3, -0.25) is 0 Å². The number of hydrogen-bond donors (Lipinski definition) is 2. The average molecular weight is 327 g/mol. The number of hydrogen-bond acceptors (Lipinski definition) is 4. The molecule has 106 valence electrons. The third-order valence-corrected chi connectivity index (χ3v) is 4.64. The van der Waals surface area contributed by atoms with E-state index in [4.69, 9.17) is 0 Å². The first-order valence-electron chi connectivity index (χ1n) is 7.12. The lowest BCUT2D eigenvalue weighted by Crippen LogP contribution is -2.33. The molecule has 4 nitrogen and oxygen atoms in total. The molecule has 0 aliphatic heterocycles. The molecular weight excluding hydrogens is 304 g/mol. The van der Waals surface area contributed by atoms with Gasteiger partial charge < -0.3 is 10.6 Å². The van der Waals surface area contributed by atoms with Crippen molar-refractivity contribution in [1.29, 1.82) is 0 Å². The van der Waals surface area contributed by atoms with Crippen LogP contribution in [0.2, 0.25) is 0 Å². The van der Waals surface area contributed by atoms with Crippen molar-refractivity contribution in [3.05, 3.63) is 10.8 Å². The largest absolute Gasteiger partial charge is 0.369 e. The molecule has 3 atom stereocenters. The molecular formula is C14H23BrN4. The second-order valence-electron chi connectivity index (χ2n) is 5.56. The first-order valence-corrected chi connectivity index (χ1v) is 7.92. The van der Waals surface area contributed by atoms with E-state index in [2.05, 4.69) is 57.3 Å². The lowest BCUT2D eigenvalue weighted by molar-refractivity contribution is 0.276. The molecule has 0 amide bonds. The van der Waals surface area contributed by atoms with Gasteiger partial charge in [0.2, 0.25) is 0 Å². The number of aromatic nitrogens is 2. The molecule has 3 unspecified atom stereocenters. The van der Waals surface area contributed by atoms with Crippen molar-refractivity contribution in [3.63, 3.8) is 0 Å². The summed E-state index contributed by atoms with van der Waals surface area (Å²) in [4.78, 5) is 8.60. The fraction of sp³-hybridized carbons (Fsp3) is 0.714. The van der Waals surface area contributed by atoms with Gasteiger partial charge in [-0.1, -0.05) is 13.8 Å². The predicted molar refractivity (Wildman–Crippen MR) is 83.5 cm³/mol. The number of nitrogens with zero attached hydrogens (tertiary/aromatic N) is 2. The van der Waals surface area contributed by atoms with Gasteiger partial charge in [-0.15, -0.1) is 0 Å². The Kier molecular flexibility index (Phi) is 5.02. The summed E-state index contributed by atoms with van der Waals surface area (Å²) in [5.74, 6) is 3.29. The van der Waals surface area contributed by atoms with E-state index >= 15 is 0 Å². The maximum absolute atomic E-state index is 4.36. The highest BCUT2D eigenvalue weighted by molar-refractivity contribution is 9.10. The van der Waals surface area contributed by atoms with Crippen LogP contribution in [-0.2, 0) is 0 Å². The molecule has 1 aromatic rings. The molecule has 0 spiro atoms. The zero-order valence-corrected chi connectivity index (χ0v) is 13.5. The molecule has 5 heteroatoms. The summed E-state index contributed by atoms with van der Waals surface area (Å²) in [6.07, 6.45) is 5.42. The van der Waals surface area contributed by atoms with E-state index in [0.29, 0.717) is 12.0 Å². The molecule has 0 radical (unpaired) electrons. The Hall–Kier alpha value is -0.840. The Balaban J connectivity index is 2.08. The highest BCUT2D eigenvalue weighted by Crippen LogP contribution is 2.33. The lowest BCUT2D eigenvalue weighted by Gasteiger charge is -2.33. The van der Waals surface area contributed by atoms with Gasteiger partial charge in [-0.05, 0) is 54.0 Å². The standard InChI is InChI=1S/C14H23BrN4/c1-4-16-13-12(15)14(18-8-17-13)19-11-6-5-9(2)7-10(11)3/h8-11H,4-7H2,1-3H3,(H2,16,17,18,19). The molecule has 1 heterocycles. The molecule has 2 N–H and O–H groups in total. The van der Waals surface area contributed by atoms with Crippen molar-refractivity contribution in [2.45, 2.75) is 46.1 Å². The van der Waals surface area contributed by atoms with Crippen LogP contribution in [0.1, 0.15) is 40.0 Å². The predicted octanol–water partition coefficient (Wildman–Crippen LogP) is 3.91. The fourth-order valence-electron chi connectivity index (χ4n) is 2.82. The molecule has 0 aromatic carbocycles. The maximum Gasteiger partial charge on any atom is 0.146 e. The normalized spacial score (nSPS) is 27.1. The van der Waals surface area contributed by atoms with Crippen LogP contribution in [0.4, 0.5) is 11.6 Å². The van der Waals surface area contributed by atoms with E-state index < -0.39 is 0 Å². The Morgan fingerprint density at radius 1 is 1.26 bits per heavy atom. The molecule has 1 saturated carbocycles. The van der Waals surface area contributed by atoms with Crippen molar-refractivity contribution < 1.29 is 0 Å². The molecule has 1 aliphatic carbocycles. The fourth-order valence-corrected chi connectivity index (χ4v) is 3.28. The summed E-state index contributed by atoms with van der Waals surface area (Å²) >= 11 is 3.59. The SMILES string of the molecule is CCNc1ncnc(NC2CCC(C)CC2C)c1Br. The van der Waals surface area contributed by atoms with Crippen LogP contribution >= 0.6 is 15.9 Å². The Morgan fingerprint density at radius 3 is 2.68 bits per heavy atom. The quantitative estimate of drug-likeness (QED) is 0.880. The van der Waals surface area contributed by atoms with Gasteiger partial charge in [0.05, 0.1) is 0 Å². The van der Waals surface area contributed by atoms with Crippen LogP contribution in [0.15, 0.2) is 10.8 Å². The minimum atomic E-state index is 0.511. The van der Waals surface area contributed by atoms with Gasteiger partial charge in [-0.2, -0.15) is 0 Å². The third kappa shape index (κ3) is 3.59. The lowest BCUT2D eigenvalue weighted by atomic mass is 9.80. The maximum atomic E-state index is 4.36. The zero-order valence-electron chi connectivity index (χ0n) is 11.9. The van der Waals surface area contributed by atoms with E-state index in [1.54, 1.807) is 6.33 Å². The summed E-state index contributed by atoms with van der Waals surface area (Å²) in [6.45, 7) is 7.59. The molecule has 1 aliphatic rings. The number of anilines is 2. The van der Waals surface area contributed by atoms with Crippen molar-refractivity contribution in [2.24, 2.45) is 11.8 Å². The number of rotatable bonds is 4. The zero-order chi connectivity index (χ0) is 13.8. The Bertz CT molecular complexity index is 424. The Labute approximate surface area is 123 Å². The van der Waals surface area contributed by atoms with Crippen molar-refractivity contribution in [3.8, 4) is 0 Å². The first kappa shape index (κ1) is 14.6. The summed E-state index contributed by atoms with van der Waals surface area (Å²) in [6, 6.07) is 0.511. The van der Waals surface area contributed by atoms with Gasteiger partial charge in [0.15, 0.2) is 0 Å². The van der Waals surface area contributed by atoms with Crippen molar-refractivity contribution in [1.82, 2.24) is 9.97 Å². The van der Waals surface area contributed by atoms with E-state index in [9.17, 15) is 0 Å². The van der Waals surface area contributed by atoms with Crippen LogP contribution in [0, 0.1) is 11.8 Å². The molecule has 0 bridgehead atoms. The van der Waals surface area contributed by atoms with Gasteiger partial charge in [0.1, 0.15) is 22.4 Å². The molecule has 0 saturated heterocycles. The van der Waals surface area contributed by atoms with Crippen LogP contribution in [0.5, 0.6) is 0 Å². The van der Waals surface area contributed by atoms with E-state index in [1.807, 2.05) is 0 Å². The van der Waals surface area contributed by atoms with Gasteiger partial charge in [0.25, 0.3) is 0 Å². The van der Waals surface area contributed by atoms with Gasteiger partial charge in [0, 0.05) is 12.6 Å². The van der Waals surface area contributed by atoms with Crippen molar-refractivity contribution >= 4 is 27.6 Å². The summed E-state index contributed by atoms with van der Waals surface area (Å²) in [5, 5.41) is 6.81. The van der Waals surface area contributed by atoms with E-state index in [0.717, 1.165) is 28.6 Å². The topological polar surface area (TPSA) is 49.8 Å². The summed E-state index contributed by atoms with van der Waals surface area (Å²) < 4.78 is 0.933. The summed E-state index contributed by atoms with van der Waals surface area (Å²) in [5.41, 5.74) is 0. The minimum absolute atomic E-state index is 0.511. The number of halogens is 1. The molecule has 1 fully saturated rings. The number of nitrogens with one attached hydrogen (secondary N) is 2. The first-order chi connectivity index (χ1) is 9.11. The minimum Gasteiger partial charge on any atom is -0.369 e. The highest BCUT2D eigenvalue weighted by Gasteiger charge is 2.26. The van der Waals surface area contributed by atoms with E-state index in [-0.39, 0.29) is 0 Å². The van der Waals surface area contributed by atoms with Gasteiger partial charge in [-0.25, -0.2) is 9.97 Å². The third-order valence-electron chi connectivity index (χ3n) is 3.89. The van der Waals surface area contributed by atoms with Crippen LogP contribution < -0.4 is 10.6 Å². The average Bonchev–Trinajstić information content (AvgIpc) is 2.37. The van der Waals surface area contributed by atoms with Crippen molar-refractivity contribution in [2.75, 3.05) is 17.2 Å². The summed E-state index contributed by atoms with van der Waals surface area (Å²) in [7, 11) is 0. The van der Waals surface area contributed by atoms with Crippen LogP contribution in [-0.4, -0.2) is 22.6 Å². The smallest absolute Gasteiger partial charge is 0.146 e. The monoisotopic (exact) mass is 326 g/mol. The Morgan fingerprint density at radius 2 is 2.00 bits per heavy atom. The molecule has 19 heavy (non-hydrogen) atoms.